The summed E-state index contributed by atoms with van der Waals surface area (Å²) in [6.45, 7) is 3.02. The Labute approximate surface area is 388 Å². The van der Waals surface area contributed by atoms with Crippen molar-refractivity contribution < 1.29 is 43.0 Å². The van der Waals surface area contributed by atoms with E-state index in [9.17, 15) is 19.4 Å². The van der Waals surface area contributed by atoms with Gasteiger partial charge in [-0.1, -0.05) is 172 Å². The first-order valence-corrected chi connectivity index (χ1v) is 25.0. The van der Waals surface area contributed by atoms with Gasteiger partial charge >= 0.3 is 13.8 Å². The lowest BCUT2D eigenvalue weighted by Gasteiger charge is -2.20. The average Bonchev–Trinajstić information content (AvgIpc) is 3.29. The molecule has 0 radical (unpaired) electrons. The van der Waals surface area contributed by atoms with Gasteiger partial charge in [0.15, 0.2) is 0 Å². The molecule has 0 amide bonds. The highest BCUT2D eigenvalue weighted by Crippen LogP contribution is 2.43. The van der Waals surface area contributed by atoms with Crippen LogP contribution in [0.25, 0.3) is 0 Å². The van der Waals surface area contributed by atoms with Crippen molar-refractivity contribution in [2.75, 3.05) is 33.0 Å². The molecule has 3 N–H and O–H groups in total. The fourth-order valence-electron chi connectivity index (χ4n) is 5.24. The highest BCUT2D eigenvalue weighted by Gasteiger charge is 2.26. The Morgan fingerprint density at radius 1 is 0.484 bits per heavy atom. The van der Waals surface area contributed by atoms with Gasteiger partial charge in [-0.25, -0.2) is 4.57 Å². The summed E-state index contributed by atoms with van der Waals surface area (Å²) in [5, 5.41) is 18.4. The van der Waals surface area contributed by atoms with Gasteiger partial charge in [-0.05, 0) is 109 Å². The molecule has 0 heterocycles. The Kier molecular flexibility index (Phi) is 45.6. The number of rotatable bonds is 42. The quantitative estimate of drug-likeness (QED) is 0.0237. The van der Waals surface area contributed by atoms with Crippen LogP contribution in [-0.4, -0.2) is 66.3 Å². The minimum atomic E-state index is -4.57. The number of unbranched alkanes of at least 4 members (excludes halogenated alkanes) is 2. The SMILES string of the molecule is CC/C=C\C/C=C\C/C=C\C/C=C\C/C=C\C/C=C\C/C=C\CCCCOCC(COP(=O)(O)OCC(O)CO)OC(=O)CC/C=C\C/C=C\C/C=C\C/C=C\C/C=C\C/C=C\CC. The van der Waals surface area contributed by atoms with E-state index < -0.39 is 45.8 Å². The van der Waals surface area contributed by atoms with Gasteiger partial charge in [-0.3, -0.25) is 13.8 Å². The summed E-state index contributed by atoms with van der Waals surface area (Å²) in [6, 6.07) is 0. The number of aliphatic hydroxyl groups excluding tert-OH is 2. The van der Waals surface area contributed by atoms with E-state index in [1.165, 1.54) is 0 Å². The first-order valence-electron chi connectivity index (χ1n) is 23.5. The number of aliphatic hydroxyl groups is 2. The second kappa shape index (κ2) is 48.5. The summed E-state index contributed by atoms with van der Waals surface area (Å²) in [4.78, 5) is 22.6. The maximum Gasteiger partial charge on any atom is 0.472 e. The standard InChI is InChI=1S/C54H83O9P/c1-3-5-7-9-11-13-15-17-19-21-23-24-25-26-27-29-31-33-35-37-39-41-43-45-47-60-50-53(51-62-64(58,59)61-49-52(56)48-55)63-54(57)46-44-42-40-38-36-34-32-30-28-22-20-18-16-14-12-10-8-6-4-2/h5-8,11-14,17-20,23-24,26-28,30-31,33-34,36-37,39-40,42,52-53,55-56H,3-4,9-10,15-16,21-22,25,29,32,35,38,41,43-51H2,1-2H3,(H,58,59)/b7-5-,8-6-,13-11-,14-12-,19-17-,20-18-,24-23-,27-26-,30-28-,33-31-,36-34-,39-37-,42-40-. The molecule has 64 heavy (non-hydrogen) atoms. The predicted molar refractivity (Wildman–Crippen MR) is 269 cm³/mol. The number of hydrogen-bond acceptors (Lipinski definition) is 8. The maximum absolute atomic E-state index is 12.6. The first kappa shape index (κ1) is 60.1. The van der Waals surface area contributed by atoms with Crippen LogP contribution in [0, 0.1) is 0 Å². The summed E-state index contributed by atoms with van der Waals surface area (Å²) in [6.07, 6.45) is 69.4. The molecular weight excluding hydrogens is 824 g/mol. The molecule has 0 aromatic carbocycles. The number of hydrogen-bond donors (Lipinski definition) is 3. The Morgan fingerprint density at radius 3 is 1.20 bits per heavy atom. The maximum atomic E-state index is 12.6. The van der Waals surface area contributed by atoms with Gasteiger partial charge < -0.3 is 24.6 Å². The minimum Gasteiger partial charge on any atom is -0.457 e. The molecule has 358 valence electrons. The topological polar surface area (TPSA) is 132 Å². The van der Waals surface area contributed by atoms with Gasteiger partial charge in [-0.2, -0.15) is 0 Å². The van der Waals surface area contributed by atoms with Crippen molar-refractivity contribution in [1.29, 1.82) is 0 Å². The number of carbonyl (C=O) groups is 1. The van der Waals surface area contributed by atoms with Crippen molar-refractivity contribution in [3.05, 3.63) is 158 Å². The summed E-state index contributed by atoms with van der Waals surface area (Å²) < 4.78 is 33.3. The third-order valence-corrected chi connectivity index (χ3v) is 9.67. The zero-order chi connectivity index (χ0) is 46.7. The van der Waals surface area contributed by atoms with Gasteiger partial charge in [0.05, 0.1) is 26.4 Å². The molecule has 0 aromatic rings. The van der Waals surface area contributed by atoms with Gasteiger partial charge in [0.25, 0.3) is 0 Å². The smallest absolute Gasteiger partial charge is 0.457 e. The average molecular weight is 907 g/mol. The molecule has 0 aliphatic carbocycles. The summed E-state index contributed by atoms with van der Waals surface area (Å²) >= 11 is 0. The van der Waals surface area contributed by atoms with Crippen LogP contribution < -0.4 is 0 Å². The molecule has 0 aliphatic rings. The zero-order valence-electron chi connectivity index (χ0n) is 39.2. The molecule has 10 heteroatoms. The third-order valence-electron chi connectivity index (χ3n) is 8.72. The number of phosphoric ester groups is 1. The lowest BCUT2D eigenvalue weighted by molar-refractivity contribution is -0.154. The molecule has 3 unspecified atom stereocenters. The Bertz CT molecular complexity index is 1540. The van der Waals surface area contributed by atoms with E-state index in [1.54, 1.807) is 0 Å². The second-order valence-corrected chi connectivity index (χ2v) is 16.1. The van der Waals surface area contributed by atoms with Crippen LogP contribution in [0.1, 0.15) is 129 Å². The van der Waals surface area contributed by atoms with E-state index in [2.05, 4.69) is 160 Å². The van der Waals surface area contributed by atoms with Crippen LogP contribution in [0.4, 0.5) is 0 Å². The zero-order valence-corrected chi connectivity index (χ0v) is 40.1. The van der Waals surface area contributed by atoms with E-state index in [1.807, 2.05) is 12.2 Å². The van der Waals surface area contributed by atoms with E-state index >= 15 is 0 Å². The van der Waals surface area contributed by atoms with Crippen LogP contribution in [-0.2, 0) is 27.9 Å². The molecular formula is C54H83O9P. The van der Waals surface area contributed by atoms with E-state index in [0.29, 0.717) is 13.0 Å². The molecule has 0 spiro atoms. The van der Waals surface area contributed by atoms with E-state index in [0.717, 1.165) is 103 Å². The van der Waals surface area contributed by atoms with Crippen molar-refractivity contribution in [1.82, 2.24) is 0 Å². The van der Waals surface area contributed by atoms with Gasteiger partial charge in [-0.15, -0.1) is 0 Å². The molecule has 0 saturated carbocycles. The predicted octanol–water partition coefficient (Wildman–Crippen LogP) is 13.7. The van der Waals surface area contributed by atoms with E-state index in [-0.39, 0.29) is 13.0 Å². The molecule has 9 nitrogen and oxygen atoms in total. The fraction of sp³-hybridized carbons (Fsp3) is 0.500. The van der Waals surface area contributed by atoms with Gasteiger partial charge in [0.2, 0.25) is 0 Å². The van der Waals surface area contributed by atoms with Crippen molar-refractivity contribution in [2.24, 2.45) is 0 Å². The molecule has 0 rings (SSSR count). The van der Waals surface area contributed by atoms with Crippen molar-refractivity contribution in [2.45, 2.75) is 142 Å². The summed E-state index contributed by atoms with van der Waals surface area (Å²) in [7, 11) is -4.57. The van der Waals surface area contributed by atoms with Crippen LogP contribution in [0.3, 0.4) is 0 Å². The summed E-state index contributed by atoms with van der Waals surface area (Å²) in [5.74, 6) is -0.488. The van der Waals surface area contributed by atoms with Gasteiger partial charge in [0, 0.05) is 13.0 Å². The number of esters is 1. The number of phosphoric acid groups is 1. The molecule has 0 bridgehead atoms. The first-order chi connectivity index (χ1) is 31.3. The molecule has 0 saturated heterocycles. The normalized spacial score (nSPS) is 15.3. The molecule has 0 fully saturated rings. The van der Waals surface area contributed by atoms with Crippen molar-refractivity contribution >= 4 is 13.8 Å². The van der Waals surface area contributed by atoms with E-state index in [4.69, 9.17) is 23.6 Å². The third kappa shape index (κ3) is 47.6. The Morgan fingerprint density at radius 2 is 0.828 bits per heavy atom. The molecule has 3 atom stereocenters. The van der Waals surface area contributed by atoms with Gasteiger partial charge in [0.1, 0.15) is 12.2 Å². The van der Waals surface area contributed by atoms with Crippen LogP contribution >= 0.6 is 7.82 Å². The number of allylic oxidation sites excluding steroid dienone is 26. The lowest BCUT2D eigenvalue weighted by atomic mass is 10.2. The van der Waals surface area contributed by atoms with Crippen LogP contribution in [0.5, 0.6) is 0 Å². The fourth-order valence-corrected chi connectivity index (χ4v) is 6.03. The molecule has 0 aromatic heterocycles. The summed E-state index contributed by atoms with van der Waals surface area (Å²) in [5.41, 5.74) is 0. The van der Waals surface area contributed by atoms with Crippen LogP contribution in [0.2, 0.25) is 0 Å². The Balaban J connectivity index is 4.39. The highest BCUT2D eigenvalue weighted by atomic mass is 31.2. The number of carbonyl (C=O) groups excluding carboxylic acids is 1. The second-order valence-electron chi connectivity index (χ2n) is 14.7. The highest BCUT2D eigenvalue weighted by molar-refractivity contribution is 7.47. The minimum absolute atomic E-state index is 0.0244. The monoisotopic (exact) mass is 907 g/mol. The number of ether oxygens (including phenoxy) is 2. The lowest BCUT2D eigenvalue weighted by Crippen LogP contribution is -2.29. The van der Waals surface area contributed by atoms with Crippen molar-refractivity contribution in [3.63, 3.8) is 0 Å². The molecule has 0 aliphatic heterocycles. The largest absolute Gasteiger partial charge is 0.472 e. The van der Waals surface area contributed by atoms with Crippen molar-refractivity contribution in [3.8, 4) is 0 Å². The van der Waals surface area contributed by atoms with Crippen LogP contribution in [0.15, 0.2) is 158 Å². The Hall–Kier alpha value is -3.92.